The van der Waals surface area contributed by atoms with Crippen LogP contribution in [0.15, 0.2) is 57.9 Å². The van der Waals surface area contributed by atoms with Crippen molar-refractivity contribution in [3.05, 3.63) is 58.6 Å². The number of aliphatic carboxylic acids is 1. The summed E-state index contributed by atoms with van der Waals surface area (Å²) in [6.07, 6.45) is 0.0351. The maximum Gasteiger partial charge on any atom is 0.322 e. The topological polar surface area (TPSA) is 92.7 Å². The molecule has 0 amide bonds. The normalized spacial score (nSPS) is 12.6. The Balaban J connectivity index is 2.32. The molecule has 0 heterocycles. The third kappa shape index (κ3) is 5.29. The first kappa shape index (κ1) is 19.4. The van der Waals surface area contributed by atoms with Crippen molar-refractivity contribution < 1.29 is 23.1 Å². The lowest BCUT2D eigenvalue weighted by atomic mass is 10.1. The highest BCUT2D eigenvalue weighted by Crippen LogP contribution is 2.27. The molecular weight excluding hydrogens is 410 g/mol. The van der Waals surface area contributed by atoms with Crippen molar-refractivity contribution in [1.82, 2.24) is 4.72 Å². The summed E-state index contributed by atoms with van der Waals surface area (Å²) >= 11 is 3.22. The van der Waals surface area contributed by atoms with E-state index < -0.39 is 22.0 Å². The van der Waals surface area contributed by atoms with E-state index in [4.69, 9.17) is 4.74 Å². The number of halogens is 1. The van der Waals surface area contributed by atoms with Crippen LogP contribution in [0.1, 0.15) is 12.5 Å². The summed E-state index contributed by atoms with van der Waals surface area (Å²) in [6, 6.07) is 12.1. The quantitative estimate of drug-likeness (QED) is 0.675. The van der Waals surface area contributed by atoms with Gasteiger partial charge in [0.2, 0.25) is 10.0 Å². The highest BCUT2D eigenvalue weighted by Gasteiger charge is 2.28. The summed E-state index contributed by atoms with van der Waals surface area (Å²) in [7, 11) is -4.09. The van der Waals surface area contributed by atoms with Crippen LogP contribution in [0.4, 0.5) is 0 Å². The standard InChI is InChI=1S/C17H18BrNO5S/c1-2-24-15-9-8-13(18)11-16(15)25(22,23)19-14(17(20)21)10-12-6-4-3-5-7-12/h3-9,11,14,19H,2,10H2,1H3,(H,20,21)/t14-/m0/s1. The van der Waals surface area contributed by atoms with Gasteiger partial charge in [-0.05, 0) is 37.1 Å². The van der Waals surface area contributed by atoms with Crippen LogP contribution in [-0.4, -0.2) is 32.1 Å². The molecule has 0 aliphatic carbocycles. The van der Waals surface area contributed by atoms with Crippen molar-refractivity contribution in [2.75, 3.05) is 6.61 Å². The van der Waals surface area contributed by atoms with Crippen molar-refractivity contribution in [3.8, 4) is 5.75 Å². The third-order valence-corrected chi connectivity index (χ3v) is 5.36. The van der Waals surface area contributed by atoms with Crippen LogP contribution in [0.2, 0.25) is 0 Å². The van der Waals surface area contributed by atoms with Gasteiger partial charge in [0.05, 0.1) is 6.61 Å². The maximum atomic E-state index is 12.7. The van der Waals surface area contributed by atoms with Crippen LogP contribution >= 0.6 is 15.9 Å². The van der Waals surface area contributed by atoms with Gasteiger partial charge in [0.15, 0.2) is 0 Å². The molecule has 0 aliphatic rings. The molecule has 0 unspecified atom stereocenters. The molecule has 0 saturated heterocycles. The number of benzene rings is 2. The summed E-state index contributed by atoms with van der Waals surface area (Å²) in [5, 5.41) is 9.40. The minimum absolute atomic E-state index is 0.0351. The molecule has 1 atom stereocenters. The minimum Gasteiger partial charge on any atom is -0.492 e. The second-order valence-corrected chi connectivity index (χ2v) is 7.82. The van der Waals surface area contributed by atoms with Gasteiger partial charge in [-0.15, -0.1) is 0 Å². The summed E-state index contributed by atoms with van der Waals surface area (Å²) in [5.41, 5.74) is 0.719. The number of carboxylic acids is 1. The Morgan fingerprint density at radius 1 is 1.24 bits per heavy atom. The zero-order valence-electron chi connectivity index (χ0n) is 13.5. The van der Waals surface area contributed by atoms with E-state index in [0.717, 1.165) is 5.56 Å². The SMILES string of the molecule is CCOc1ccc(Br)cc1S(=O)(=O)N[C@@H](Cc1ccccc1)C(=O)O. The van der Waals surface area contributed by atoms with Crippen LogP contribution in [0, 0.1) is 0 Å². The molecule has 6 nitrogen and oxygen atoms in total. The molecule has 0 aliphatic heterocycles. The predicted octanol–water partition coefficient (Wildman–Crippen LogP) is 2.82. The average molecular weight is 428 g/mol. The molecule has 2 aromatic carbocycles. The lowest BCUT2D eigenvalue weighted by molar-refractivity contribution is -0.138. The number of nitrogens with one attached hydrogen (secondary N) is 1. The number of rotatable bonds is 8. The molecule has 0 spiro atoms. The van der Waals surface area contributed by atoms with Crippen LogP contribution in [0.3, 0.4) is 0 Å². The molecular formula is C17H18BrNO5S. The van der Waals surface area contributed by atoms with E-state index in [9.17, 15) is 18.3 Å². The first-order chi connectivity index (χ1) is 11.8. The Morgan fingerprint density at radius 3 is 2.52 bits per heavy atom. The van der Waals surface area contributed by atoms with Crippen molar-refractivity contribution in [1.29, 1.82) is 0 Å². The fourth-order valence-electron chi connectivity index (χ4n) is 2.25. The van der Waals surface area contributed by atoms with Gasteiger partial charge >= 0.3 is 5.97 Å². The van der Waals surface area contributed by atoms with Gasteiger partial charge in [0.1, 0.15) is 16.7 Å². The van der Waals surface area contributed by atoms with E-state index in [2.05, 4.69) is 20.7 Å². The van der Waals surface area contributed by atoms with Crippen LogP contribution < -0.4 is 9.46 Å². The second kappa shape index (κ2) is 8.46. The molecule has 0 bridgehead atoms. The molecule has 0 fully saturated rings. The second-order valence-electron chi connectivity index (χ2n) is 5.23. The Hall–Kier alpha value is -1.90. The average Bonchev–Trinajstić information content (AvgIpc) is 2.56. The molecule has 0 aromatic heterocycles. The molecule has 0 saturated carbocycles. The van der Waals surface area contributed by atoms with E-state index in [1.54, 1.807) is 43.3 Å². The molecule has 25 heavy (non-hydrogen) atoms. The van der Waals surface area contributed by atoms with Gasteiger partial charge in [-0.25, -0.2) is 8.42 Å². The van der Waals surface area contributed by atoms with Gasteiger partial charge in [-0.2, -0.15) is 4.72 Å². The number of hydrogen-bond donors (Lipinski definition) is 2. The fraction of sp³-hybridized carbons (Fsp3) is 0.235. The minimum atomic E-state index is -4.09. The molecule has 2 rings (SSSR count). The van der Waals surface area contributed by atoms with Gasteiger partial charge < -0.3 is 9.84 Å². The Kier molecular flexibility index (Phi) is 6.57. The number of carboxylic acid groups (broad SMARTS) is 1. The van der Waals surface area contributed by atoms with Crippen LogP contribution in [0.25, 0.3) is 0 Å². The van der Waals surface area contributed by atoms with E-state index >= 15 is 0 Å². The summed E-state index contributed by atoms with van der Waals surface area (Å²) < 4.78 is 33.6. The monoisotopic (exact) mass is 427 g/mol. The molecule has 2 aromatic rings. The highest BCUT2D eigenvalue weighted by molar-refractivity contribution is 9.10. The Labute approximate surface area is 155 Å². The number of hydrogen-bond acceptors (Lipinski definition) is 4. The zero-order valence-corrected chi connectivity index (χ0v) is 15.9. The van der Waals surface area contributed by atoms with E-state index in [1.165, 1.54) is 12.1 Å². The highest BCUT2D eigenvalue weighted by atomic mass is 79.9. The van der Waals surface area contributed by atoms with Gasteiger partial charge in [-0.3, -0.25) is 4.79 Å². The third-order valence-electron chi connectivity index (χ3n) is 3.37. The first-order valence-electron chi connectivity index (χ1n) is 7.55. The van der Waals surface area contributed by atoms with Crippen molar-refractivity contribution in [2.24, 2.45) is 0 Å². The summed E-state index contributed by atoms with van der Waals surface area (Å²) in [6.45, 7) is 2.03. The number of ether oxygens (including phenoxy) is 1. The van der Waals surface area contributed by atoms with E-state index in [0.29, 0.717) is 4.47 Å². The maximum absolute atomic E-state index is 12.7. The van der Waals surface area contributed by atoms with Gasteiger partial charge in [0.25, 0.3) is 0 Å². The zero-order chi connectivity index (χ0) is 18.4. The van der Waals surface area contributed by atoms with E-state index in [-0.39, 0.29) is 23.7 Å². The van der Waals surface area contributed by atoms with Crippen molar-refractivity contribution in [2.45, 2.75) is 24.3 Å². The van der Waals surface area contributed by atoms with Crippen LogP contribution in [-0.2, 0) is 21.2 Å². The van der Waals surface area contributed by atoms with Gasteiger partial charge in [-0.1, -0.05) is 46.3 Å². The number of sulfonamides is 1. The fourth-order valence-corrected chi connectivity index (χ4v) is 4.12. The predicted molar refractivity (Wildman–Crippen MR) is 97.2 cm³/mol. The Bertz CT molecular complexity index is 839. The summed E-state index contributed by atoms with van der Waals surface area (Å²) in [5.74, 6) is -1.08. The molecule has 2 N–H and O–H groups in total. The lowest BCUT2D eigenvalue weighted by Crippen LogP contribution is -2.42. The van der Waals surface area contributed by atoms with Crippen molar-refractivity contribution >= 4 is 31.9 Å². The van der Waals surface area contributed by atoms with Crippen molar-refractivity contribution in [3.63, 3.8) is 0 Å². The first-order valence-corrected chi connectivity index (χ1v) is 9.82. The smallest absolute Gasteiger partial charge is 0.322 e. The molecule has 0 radical (unpaired) electrons. The molecule has 134 valence electrons. The largest absolute Gasteiger partial charge is 0.492 e. The number of carbonyl (C=O) groups is 1. The summed E-state index contributed by atoms with van der Waals surface area (Å²) in [4.78, 5) is 11.4. The molecule has 8 heteroatoms. The van der Waals surface area contributed by atoms with E-state index in [1.807, 2.05) is 0 Å². The Morgan fingerprint density at radius 2 is 1.92 bits per heavy atom. The van der Waals surface area contributed by atoms with Crippen LogP contribution in [0.5, 0.6) is 5.75 Å². The lowest BCUT2D eigenvalue weighted by Gasteiger charge is -2.17. The van der Waals surface area contributed by atoms with Gasteiger partial charge in [0, 0.05) is 4.47 Å².